The molecule has 9 aromatic heterocycles. The Kier molecular flexibility index (Phi) is 15.7. The van der Waals surface area contributed by atoms with Crippen molar-refractivity contribution < 1.29 is 29.0 Å². The highest BCUT2D eigenvalue weighted by atomic mass is 16.6. The number of nitrogens with one attached hydrogen (secondary N) is 3. The average molecular weight is 1260 g/mol. The maximum atomic E-state index is 13.6. The number of fused-ring (bicyclic) bond motifs is 14. The molecule has 0 aliphatic carbocycles. The van der Waals surface area contributed by atoms with Crippen molar-refractivity contribution in [2.24, 2.45) is 7.05 Å². The van der Waals surface area contributed by atoms with Crippen molar-refractivity contribution >= 4 is 80.7 Å². The molecule has 7 aliphatic rings. The lowest BCUT2D eigenvalue weighted by Gasteiger charge is -2.45. The van der Waals surface area contributed by atoms with Crippen LogP contribution in [-0.4, -0.2) is 148 Å². The Morgan fingerprint density at radius 2 is 1.13 bits per heavy atom. The molecular formula is C68H66N20O6. The largest absolute Gasteiger partial charge is 0.484 e. The van der Waals surface area contributed by atoms with Crippen LogP contribution in [0.2, 0.25) is 0 Å². The van der Waals surface area contributed by atoms with Crippen molar-refractivity contribution in [3.05, 3.63) is 164 Å². The first-order chi connectivity index (χ1) is 45.9. The van der Waals surface area contributed by atoms with Crippen molar-refractivity contribution in [2.75, 3.05) is 97.8 Å². The normalized spacial score (nSPS) is 17.6. The number of ether oxygens (including phenoxy) is 2. The summed E-state index contributed by atoms with van der Waals surface area (Å²) in [6.45, 7) is 9.96. The molecule has 16 heterocycles. The first-order valence-corrected chi connectivity index (χ1v) is 31.4. The van der Waals surface area contributed by atoms with Crippen LogP contribution in [0, 0.1) is 13.8 Å². The van der Waals surface area contributed by atoms with Crippen LogP contribution in [0.25, 0.3) is 44.7 Å². The van der Waals surface area contributed by atoms with E-state index in [-0.39, 0.29) is 42.8 Å². The number of urea groups is 3. The van der Waals surface area contributed by atoms with Crippen LogP contribution < -0.4 is 54.8 Å². The summed E-state index contributed by atoms with van der Waals surface area (Å²) in [6, 6.07) is 30.8. The van der Waals surface area contributed by atoms with Gasteiger partial charge in [0.15, 0.2) is 29.0 Å². The molecule has 3 saturated heterocycles. The standard InChI is InChI=1S/C25H25N7O.C23H22N6O3.C20H19N7O2/c1-16-12-17(9-10-26-16)21-7-8-23-24(28-21)32(20-4-3-11-31(23)15-20)25(33)27-19-5-6-22-18(13-19)14-30(2)29-22;1-14-10-15(4-6-24-14)18-2-3-19-21(27-18)29(17-5-7-28(19)13-17)23(30)26-16-11-20-22(25-12-16)32-9-8-31-20;28-12-14-2-1-13(9-23-14)16-3-4-17-19(24-16)27(15-5-8-26(17)11-15)20(29)25-18-10-21-6-7-22-18/h5-10,12-14,20H,3-4,11,15H2,1-2H3,(H,27,33);2-4,6,10-12,17H,5,7-9,13H2,1H3,(H,26,30);1-4,6-7,9-10,15,28H,5,8,11-12H2,(H,22,25,29)/t20-;17-;15-/m000/s1. The minimum Gasteiger partial charge on any atom is -0.484 e. The number of aliphatic hydroxyl groups is 1. The predicted molar refractivity (Wildman–Crippen MR) is 357 cm³/mol. The third kappa shape index (κ3) is 11.7. The molecule has 6 amide bonds. The van der Waals surface area contributed by atoms with Gasteiger partial charge < -0.3 is 39.9 Å². The molecule has 17 rings (SSSR count). The molecule has 0 spiro atoms. The van der Waals surface area contributed by atoms with Gasteiger partial charge >= 0.3 is 18.1 Å². The smallest absolute Gasteiger partial charge is 0.329 e. The Labute approximate surface area is 540 Å². The van der Waals surface area contributed by atoms with Gasteiger partial charge in [-0.2, -0.15) is 5.10 Å². The zero-order valence-electron chi connectivity index (χ0n) is 51.9. The van der Waals surface area contributed by atoms with Gasteiger partial charge in [-0.1, -0.05) is 0 Å². The van der Waals surface area contributed by atoms with E-state index in [1.165, 1.54) is 12.4 Å². The van der Waals surface area contributed by atoms with E-state index in [2.05, 4.69) is 77.8 Å². The topological polar surface area (TPSA) is 279 Å². The number of pyridine rings is 7. The van der Waals surface area contributed by atoms with E-state index in [1.54, 1.807) is 57.6 Å². The van der Waals surface area contributed by atoms with Gasteiger partial charge in [-0.05, 0) is 131 Å². The Morgan fingerprint density at radius 1 is 0.543 bits per heavy atom. The van der Waals surface area contributed by atoms with Crippen LogP contribution in [0.4, 0.5) is 66.1 Å². The molecule has 26 nitrogen and oxygen atoms in total. The van der Waals surface area contributed by atoms with Crippen molar-refractivity contribution in [3.8, 4) is 45.4 Å². The molecule has 10 aromatic rings. The Bertz CT molecular complexity index is 4540. The van der Waals surface area contributed by atoms with Crippen LogP contribution in [0.1, 0.15) is 42.8 Å². The lowest BCUT2D eigenvalue weighted by molar-refractivity contribution is 0.164. The van der Waals surface area contributed by atoms with Crippen LogP contribution in [0.5, 0.6) is 11.6 Å². The van der Waals surface area contributed by atoms with Gasteiger partial charge in [-0.25, -0.2) is 39.3 Å². The lowest BCUT2D eigenvalue weighted by Crippen LogP contribution is -2.56. The van der Waals surface area contributed by atoms with Crippen LogP contribution >= 0.6 is 0 Å². The summed E-state index contributed by atoms with van der Waals surface area (Å²) >= 11 is 0. The van der Waals surface area contributed by atoms with E-state index >= 15 is 0 Å². The number of piperidine rings is 1. The van der Waals surface area contributed by atoms with E-state index in [0.29, 0.717) is 53.7 Å². The molecule has 0 unspecified atom stereocenters. The number of hydrogen-bond acceptors (Lipinski definition) is 19. The number of carbonyl (C=O) groups excluding carboxylic acids is 3. The number of aryl methyl sites for hydroxylation is 3. The second-order valence-electron chi connectivity index (χ2n) is 24.0. The minimum atomic E-state index is -0.267. The molecule has 4 N–H and O–H groups in total. The molecule has 3 fully saturated rings. The van der Waals surface area contributed by atoms with Crippen LogP contribution in [0.3, 0.4) is 0 Å². The fourth-order valence-electron chi connectivity index (χ4n) is 13.3. The van der Waals surface area contributed by atoms with Crippen molar-refractivity contribution in [3.63, 3.8) is 0 Å². The third-order valence-corrected chi connectivity index (χ3v) is 17.7. The summed E-state index contributed by atoms with van der Waals surface area (Å²) in [5, 5.41) is 23.5. The molecule has 0 saturated carbocycles. The summed E-state index contributed by atoms with van der Waals surface area (Å²) in [5.41, 5.74) is 12.8. The van der Waals surface area contributed by atoms with Crippen molar-refractivity contribution in [2.45, 2.75) is 64.3 Å². The molecule has 474 valence electrons. The molecule has 7 aliphatic heterocycles. The Morgan fingerprint density at radius 3 is 1.71 bits per heavy atom. The number of benzene rings is 1. The highest BCUT2D eigenvalue weighted by Gasteiger charge is 2.43. The maximum Gasteiger partial charge on any atom is 0.329 e. The van der Waals surface area contributed by atoms with E-state index in [0.717, 1.165) is 150 Å². The Hall–Kier alpha value is -11.4. The molecule has 6 bridgehead atoms. The molecule has 0 radical (unpaired) electrons. The fourth-order valence-corrected chi connectivity index (χ4v) is 13.3. The summed E-state index contributed by atoms with van der Waals surface area (Å²) in [6.07, 6.45) is 17.2. The second kappa shape index (κ2) is 25.0. The predicted octanol–water partition coefficient (Wildman–Crippen LogP) is 9.67. The third-order valence-electron chi connectivity index (χ3n) is 17.7. The number of amides is 6. The molecule has 94 heavy (non-hydrogen) atoms. The lowest BCUT2D eigenvalue weighted by atomic mass is 9.99. The maximum absolute atomic E-state index is 13.6. The number of carbonyl (C=O) groups is 3. The number of anilines is 9. The van der Waals surface area contributed by atoms with Gasteiger partial charge in [0.2, 0.25) is 0 Å². The summed E-state index contributed by atoms with van der Waals surface area (Å²) in [5.74, 6) is 3.41. The highest BCUT2D eigenvalue weighted by molar-refractivity contribution is 6.07. The Balaban J connectivity index is 0.000000117. The van der Waals surface area contributed by atoms with Crippen LogP contribution in [-0.2, 0) is 13.7 Å². The summed E-state index contributed by atoms with van der Waals surface area (Å²) < 4.78 is 12.8. The monoisotopic (exact) mass is 1260 g/mol. The summed E-state index contributed by atoms with van der Waals surface area (Å²) in [7, 11) is 1.89. The fraction of sp³-hybridized carbons (Fsp3) is 0.279. The average Bonchev–Trinajstić information content (AvgIpc) is 1.29. The number of hydrogen-bond donors (Lipinski definition) is 4. The van der Waals surface area contributed by atoms with Crippen molar-refractivity contribution in [1.82, 2.24) is 54.6 Å². The quantitative estimate of drug-likeness (QED) is 0.115. The number of aliphatic hydroxyl groups excluding tert-OH is 1. The molecule has 26 heteroatoms. The van der Waals surface area contributed by atoms with Gasteiger partial charge in [0.05, 0.1) is 88.2 Å². The van der Waals surface area contributed by atoms with Crippen LogP contribution in [0.15, 0.2) is 147 Å². The minimum absolute atomic E-state index is 0.0526. The van der Waals surface area contributed by atoms with Gasteiger partial charge in [0, 0.05) is 129 Å². The summed E-state index contributed by atoms with van der Waals surface area (Å²) in [4.78, 5) is 92.3. The molecule has 3 atom stereocenters. The van der Waals surface area contributed by atoms with Gasteiger partial charge in [-0.3, -0.25) is 44.6 Å². The van der Waals surface area contributed by atoms with E-state index in [1.807, 2.05) is 105 Å². The van der Waals surface area contributed by atoms with Gasteiger partial charge in [-0.15, -0.1) is 0 Å². The zero-order chi connectivity index (χ0) is 64.0. The second-order valence-corrected chi connectivity index (χ2v) is 24.0. The first-order valence-electron chi connectivity index (χ1n) is 31.4. The van der Waals surface area contributed by atoms with Gasteiger partial charge in [0.1, 0.15) is 13.2 Å². The zero-order valence-corrected chi connectivity index (χ0v) is 51.9. The van der Waals surface area contributed by atoms with E-state index < -0.39 is 0 Å². The highest BCUT2D eigenvalue weighted by Crippen LogP contribution is 2.44. The van der Waals surface area contributed by atoms with E-state index in [9.17, 15) is 19.5 Å². The molecule has 1 aromatic carbocycles. The van der Waals surface area contributed by atoms with Crippen molar-refractivity contribution in [1.29, 1.82) is 0 Å². The number of nitrogens with zero attached hydrogens (tertiary/aromatic N) is 17. The molecular weight excluding hydrogens is 1190 g/mol. The first kappa shape index (κ1) is 58.9. The SMILES string of the molecule is Cc1cc(-c2ccc3c(n2)N(C(=O)Nc2ccc4nn(C)cc4c2)[C@H]2CCCN3C2)ccn1.Cc1cc(-c2ccc3c(n2)N(C(=O)Nc2cnc4c(c2)OCCO4)[C@H]2CCN3C2)ccn1.O=C(Nc1cnccn1)N1c2nc(-c3ccc(CO)nc3)ccc2N2CC[C@H]1C2. The number of rotatable bonds is 7. The number of aromatic nitrogens is 11. The van der Waals surface area contributed by atoms with Gasteiger partial charge in [0.25, 0.3) is 5.88 Å². The van der Waals surface area contributed by atoms with E-state index in [4.69, 9.17) is 24.4 Å².